The van der Waals surface area contributed by atoms with Crippen LogP contribution in [0.5, 0.6) is 0 Å². The highest BCUT2D eigenvalue weighted by Gasteiger charge is 1.95. The number of aliphatic hydroxyl groups is 1. The lowest BCUT2D eigenvalue weighted by atomic mass is 10.0. The minimum absolute atomic E-state index is 0.373. The quantitative estimate of drug-likeness (QED) is 0.0812. The minimum atomic E-state index is 0.373. The van der Waals surface area contributed by atoms with E-state index in [0.717, 1.165) is 19.6 Å². The van der Waals surface area contributed by atoms with Crippen molar-refractivity contribution in [2.75, 3.05) is 19.8 Å². The SMILES string of the molecule is C1CO1.CCCCCCCCCCCCCCCCC.CCCCCCCCCCCCCCCCO. The number of epoxide rings is 1. The number of hydrogen-bond acceptors (Lipinski definition) is 2. The zero-order chi connectivity index (χ0) is 27.3. The normalized spacial score (nSPS) is 12.0. The highest BCUT2D eigenvalue weighted by molar-refractivity contribution is 4.50. The van der Waals surface area contributed by atoms with E-state index >= 15 is 0 Å². The van der Waals surface area contributed by atoms with Crippen LogP contribution in [0, 0.1) is 0 Å². The van der Waals surface area contributed by atoms with Crippen molar-refractivity contribution in [1.82, 2.24) is 0 Å². The maximum Gasteiger partial charge on any atom is 0.0701 e. The molecule has 0 radical (unpaired) electrons. The molecule has 0 saturated carbocycles. The maximum absolute atomic E-state index is 8.64. The van der Waals surface area contributed by atoms with Crippen LogP contribution in [0.3, 0.4) is 0 Å². The zero-order valence-electron chi connectivity index (χ0n) is 26.5. The van der Waals surface area contributed by atoms with E-state index in [0.29, 0.717) is 6.61 Å². The molecule has 0 spiro atoms. The molecule has 37 heavy (non-hydrogen) atoms. The van der Waals surface area contributed by atoms with Gasteiger partial charge in [-0.25, -0.2) is 0 Å². The average Bonchev–Trinajstić information content (AvgIpc) is 3.80. The van der Waals surface area contributed by atoms with E-state index in [9.17, 15) is 0 Å². The maximum atomic E-state index is 8.64. The fourth-order valence-electron chi connectivity index (χ4n) is 4.75. The molecule has 1 rings (SSSR count). The number of ether oxygens (including phenoxy) is 1. The van der Waals surface area contributed by atoms with Crippen LogP contribution in [0.25, 0.3) is 0 Å². The van der Waals surface area contributed by atoms with Crippen molar-refractivity contribution in [3.8, 4) is 0 Å². The second kappa shape index (κ2) is 40.4. The van der Waals surface area contributed by atoms with Gasteiger partial charge in [-0.15, -0.1) is 0 Å². The van der Waals surface area contributed by atoms with Gasteiger partial charge in [-0.2, -0.15) is 0 Å². The topological polar surface area (TPSA) is 32.8 Å². The summed E-state index contributed by atoms with van der Waals surface area (Å²) in [6.45, 7) is 9.24. The first kappa shape index (κ1) is 39.1. The van der Waals surface area contributed by atoms with E-state index in [1.54, 1.807) is 0 Å². The molecule has 0 aliphatic carbocycles. The minimum Gasteiger partial charge on any atom is -0.396 e. The van der Waals surface area contributed by atoms with E-state index in [1.165, 1.54) is 180 Å². The molecule has 0 aromatic rings. The lowest BCUT2D eigenvalue weighted by molar-refractivity contribution is 0.282. The van der Waals surface area contributed by atoms with Crippen LogP contribution in [-0.4, -0.2) is 24.9 Å². The molecule has 0 unspecified atom stereocenters. The Morgan fingerprint density at radius 2 is 0.486 bits per heavy atom. The third-order valence-corrected chi connectivity index (χ3v) is 7.42. The van der Waals surface area contributed by atoms with Crippen molar-refractivity contribution in [3.05, 3.63) is 0 Å². The van der Waals surface area contributed by atoms with Crippen molar-refractivity contribution < 1.29 is 9.84 Å². The summed E-state index contributed by atoms with van der Waals surface area (Å²) >= 11 is 0. The molecule has 0 amide bonds. The highest BCUT2D eigenvalue weighted by Crippen LogP contribution is 2.14. The molecule has 1 heterocycles. The van der Waals surface area contributed by atoms with Gasteiger partial charge in [-0.3, -0.25) is 0 Å². The van der Waals surface area contributed by atoms with Crippen LogP contribution in [0.1, 0.15) is 207 Å². The van der Waals surface area contributed by atoms with Gasteiger partial charge < -0.3 is 9.84 Å². The lowest BCUT2D eigenvalue weighted by Crippen LogP contribution is -1.84. The van der Waals surface area contributed by atoms with E-state index < -0.39 is 0 Å². The van der Waals surface area contributed by atoms with Crippen molar-refractivity contribution in [2.24, 2.45) is 0 Å². The summed E-state index contributed by atoms with van der Waals surface area (Å²) in [6, 6.07) is 0. The molecule has 1 aliphatic rings. The van der Waals surface area contributed by atoms with Crippen LogP contribution in [0.4, 0.5) is 0 Å². The van der Waals surface area contributed by atoms with Gasteiger partial charge >= 0.3 is 0 Å². The molecule has 2 heteroatoms. The van der Waals surface area contributed by atoms with Gasteiger partial charge in [-0.05, 0) is 6.42 Å². The third-order valence-electron chi connectivity index (χ3n) is 7.42. The predicted octanol–water partition coefficient (Wildman–Crippen LogP) is 12.4. The van der Waals surface area contributed by atoms with E-state index in [1.807, 2.05) is 0 Å². The van der Waals surface area contributed by atoms with Gasteiger partial charge in [0.25, 0.3) is 0 Å². The molecule has 1 aliphatic heterocycles. The van der Waals surface area contributed by atoms with Gasteiger partial charge in [0, 0.05) is 6.61 Å². The third kappa shape index (κ3) is 49.4. The van der Waals surface area contributed by atoms with Crippen molar-refractivity contribution >= 4 is 0 Å². The summed E-state index contributed by atoms with van der Waals surface area (Å²) in [7, 11) is 0. The first-order valence-corrected chi connectivity index (χ1v) is 17.5. The Hall–Kier alpha value is -0.0800. The summed E-state index contributed by atoms with van der Waals surface area (Å²) < 4.78 is 4.50. The number of hydrogen-bond donors (Lipinski definition) is 1. The molecule has 0 aromatic heterocycles. The van der Waals surface area contributed by atoms with E-state index in [4.69, 9.17) is 5.11 Å². The second-order valence-electron chi connectivity index (χ2n) is 11.5. The molecule has 1 fully saturated rings. The monoisotopic (exact) mass is 527 g/mol. The first-order valence-electron chi connectivity index (χ1n) is 17.5. The average molecular weight is 527 g/mol. The summed E-state index contributed by atoms with van der Waals surface area (Å²) in [5, 5.41) is 8.64. The fraction of sp³-hybridized carbons (Fsp3) is 1.00. The highest BCUT2D eigenvalue weighted by atomic mass is 16.6. The molecule has 0 bridgehead atoms. The van der Waals surface area contributed by atoms with Gasteiger partial charge in [0.1, 0.15) is 0 Å². The van der Waals surface area contributed by atoms with Crippen LogP contribution in [-0.2, 0) is 4.74 Å². The van der Waals surface area contributed by atoms with E-state index in [-0.39, 0.29) is 0 Å². The Balaban J connectivity index is 0. The van der Waals surface area contributed by atoms with Gasteiger partial charge in [0.2, 0.25) is 0 Å². The molecule has 1 saturated heterocycles. The number of aliphatic hydroxyl groups excluding tert-OH is 1. The van der Waals surface area contributed by atoms with Gasteiger partial charge in [0.15, 0.2) is 0 Å². The van der Waals surface area contributed by atoms with Crippen LogP contribution in [0.15, 0.2) is 0 Å². The summed E-state index contributed by atoms with van der Waals surface area (Å²) in [5.41, 5.74) is 0. The molecule has 1 N–H and O–H groups in total. The van der Waals surface area contributed by atoms with Crippen molar-refractivity contribution in [3.63, 3.8) is 0 Å². The Labute approximate surface area is 236 Å². The smallest absolute Gasteiger partial charge is 0.0701 e. The molecule has 0 aromatic carbocycles. The fourth-order valence-corrected chi connectivity index (χ4v) is 4.75. The largest absolute Gasteiger partial charge is 0.396 e. The molecule has 0 atom stereocenters. The van der Waals surface area contributed by atoms with E-state index in [2.05, 4.69) is 25.5 Å². The first-order chi connectivity index (χ1) is 18.3. The van der Waals surface area contributed by atoms with Crippen molar-refractivity contribution in [2.45, 2.75) is 207 Å². The molecule has 226 valence electrons. The lowest BCUT2D eigenvalue weighted by Gasteiger charge is -2.02. The van der Waals surface area contributed by atoms with Crippen LogP contribution in [0.2, 0.25) is 0 Å². The predicted molar refractivity (Wildman–Crippen MR) is 169 cm³/mol. The summed E-state index contributed by atoms with van der Waals surface area (Å²) in [6.07, 6.45) is 41.1. The Bertz CT molecular complexity index is 281. The Morgan fingerprint density at radius 1 is 0.324 bits per heavy atom. The zero-order valence-corrected chi connectivity index (χ0v) is 26.5. The van der Waals surface area contributed by atoms with Crippen LogP contribution < -0.4 is 0 Å². The van der Waals surface area contributed by atoms with Crippen molar-refractivity contribution in [1.29, 1.82) is 0 Å². The molecule has 2 nitrogen and oxygen atoms in total. The number of rotatable bonds is 28. The number of unbranched alkanes of at least 4 members (excludes halogenated alkanes) is 27. The van der Waals surface area contributed by atoms with Gasteiger partial charge in [0.05, 0.1) is 13.2 Å². The van der Waals surface area contributed by atoms with Crippen LogP contribution >= 0.6 is 0 Å². The molecular formula is C35H74O2. The standard InChI is InChI=1S/C17H36.C16H34O.C2H4O/c1-3-5-7-9-11-13-15-17-16-14-12-10-8-6-4-2;1-2-3-4-5-6-7-8-9-10-11-12-13-14-15-16-17;1-2-3-1/h3-17H2,1-2H3;17H,2-16H2,1H3;1-2H2. The van der Waals surface area contributed by atoms with Gasteiger partial charge in [-0.1, -0.05) is 201 Å². The second-order valence-corrected chi connectivity index (χ2v) is 11.5. The summed E-state index contributed by atoms with van der Waals surface area (Å²) in [4.78, 5) is 0. The Morgan fingerprint density at radius 3 is 0.622 bits per heavy atom. The Kier molecular flexibility index (Phi) is 42.7. The summed E-state index contributed by atoms with van der Waals surface area (Å²) in [5.74, 6) is 0. The molecular weight excluding hydrogens is 452 g/mol.